The van der Waals surface area contributed by atoms with Gasteiger partial charge in [0.15, 0.2) is 0 Å². The lowest BCUT2D eigenvalue weighted by Gasteiger charge is -2.34. The number of carbonyl (C=O) groups excluding carboxylic acids is 1. The monoisotopic (exact) mass is 358 g/mol. The molecule has 0 unspecified atom stereocenters. The van der Waals surface area contributed by atoms with Crippen molar-refractivity contribution in [1.82, 2.24) is 14.8 Å². The molecule has 0 aliphatic carbocycles. The third-order valence-corrected chi connectivity index (χ3v) is 4.96. The second-order valence-electron chi connectivity index (χ2n) is 6.28. The maximum atomic E-state index is 12.7. The van der Waals surface area contributed by atoms with E-state index in [1.807, 2.05) is 36.1 Å². The van der Waals surface area contributed by atoms with Crippen molar-refractivity contribution in [2.24, 2.45) is 0 Å². The Morgan fingerprint density at radius 3 is 2.60 bits per heavy atom. The predicted octanol–water partition coefficient (Wildman–Crippen LogP) is 3.56. The van der Waals surface area contributed by atoms with Gasteiger partial charge in [-0.3, -0.25) is 9.78 Å². The van der Waals surface area contributed by atoms with Crippen LogP contribution in [0.2, 0.25) is 5.02 Å². The number of benzene rings is 1. The summed E-state index contributed by atoms with van der Waals surface area (Å²) in [5, 5.41) is 3.97. The number of aryl methyl sites for hydroxylation is 1. The van der Waals surface area contributed by atoms with E-state index in [-0.39, 0.29) is 5.91 Å². The van der Waals surface area contributed by atoms with Crippen molar-refractivity contribution in [2.45, 2.75) is 13.8 Å². The Labute approximate surface area is 153 Å². The summed E-state index contributed by atoms with van der Waals surface area (Å²) in [5.74, 6) is 0.0360. The number of nitrogens with zero attached hydrogens (tertiary/aromatic N) is 3. The molecule has 2 heterocycles. The number of hydrogen-bond acceptors (Lipinski definition) is 4. The first-order valence-electron chi connectivity index (χ1n) is 8.56. The highest BCUT2D eigenvalue weighted by Gasteiger charge is 2.21. The lowest BCUT2D eigenvalue weighted by Crippen LogP contribution is -2.48. The van der Waals surface area contributed by atoms with E-state index in [0.29, 0.717) is 10.6 Å². The Balaban J connectivity index is 1.70. The zero-order valence-corrected chi connectivity index (χ0v) is 15.4. The fourth-order valence-electron chi connectivity index (χ4n) is 2.91. The summed E-state index contributed by atoms with van der Waals surface area (Å²) in [6.07, 6.45) is 3.33. The second-order valence-corrected chi connectivity index (χ2v) is 6.68. The molecular weight excluding hydrogens is 336 g/mol. The number of piperazine rings is 1. The largest absolute Gasteiger partial charge is 0.354 e. The molecule has 1 N–H and O–H groups in total. The van der Waals surface area contributed by atoms with Gasteiger partial charge in [0.05, 0.1) is 17.4 Å². The molecule has 6 heteroatoms. The molecule has 0 saturated carbocycles. The van der Waals surface area contributed by atoms with Gasteiger partial charge in [-0.2, -0.15) is 0 Å². The van der Waals surface area contributed by atoms with Crippen molar-refractivity contribution in [3.63, 3.8) is 0 Å². The predicted molar refractivity (Wildman–Crippen MR) is 102 cm³/mol. The molecule has 132 valence electrons. The van der Waals surface area contributed by atoms with Crippen molar-refractivity contribution in [2.75, 3.05) is 38.0 Å². The van der Waals surface area contributed by atoms with Gasteiger partial charge in [0.25, 0.3) is 5.91 Å². The molecule has 1 saturated heterocycles. The molecule has 25 heavy (non-hydrogen) atoms. The van der Waals surface area contributed by atoms with Crippen molar-refractivity contribution in [3.05, 3.63) is 52.8 Å². The SMILES string of the molecule is CCN1CCN(C(=O)c2cncc(Nc3ccc(C)c(Cl)c3)c2)CC1. The Bertz CT molecular complexity index is 757. The molecule has 1 fully saturated rings. The second kappa shape index (κ2) is 7.85. The van der Waals surface area contributed by atoms with Gasteiger partial charge in [-0.05, 0) is 37.2 Å². The van der Waals surface area contributed by atoms with E-state index in [1.165, 1.54) is 0 Å². The van der Waals surface area contributed by atoms with Gasteiger partial charge in [-0.1, -0.05) is 24.6 Å². The summed E-state index contributed by atoms with van der Waals surface area (Å²) in [4.78, 5) is 21.2. The van der Waals surface area contributed by atoms with Gasteiger partial charge >= 0.3 is 0 Å². The van der Waals surface area contributed by atoms with E-state index < -0.39 is 0 Å². The molecule has 0 atom stereocenters. The normalized spacial score (nSPS) is 15.2. The highest BCUT2D eigenvalue weighted by molar-refractivity contribution is 6.31. The van der Waals surface area contributed by atoms with Crippen LogP contribution in [0.25, 0.3) is 0 Å². The lowest BCUT2D eigenvalue weighted by molar-refractivity contribution is 0.0643. The van der Waals surface area contributed by atoms with Gasteiger partial charge in [0.1, 0.15) is 0 Å². The number of nitrogens with one attached hydrogen (secondary N) is 1. The Morgan fingerprint density at radius 1 is 1.16 bits per heavy atom. The molecule has 0 spiro atoms. The molecule has 3 rings (SSSR count). The number of anilines is 2. The minimum Gasteiger partial charge on any atom is -0.354 e. The number of aromatic nitrogens is 1. The molecule has 2 aromatic rings. The van der Waals surface area contributed by atoms with Gasteiger partial charge in [-0.15, -0.1) is 0 Å². The van der Waals surface area contributed by atoms with Crippen LogP contribution >= 0.6 is 11.6 Å². The quantitative estimate of drug-likeness (QED) is 0.907. The van der Waals surface area contributed by atoms with Gasteiger partial charge < -0.3 is 15.1 Å². The van der Waals surface area contributed by atoms with Crippen LogP contribution in [0.15, 0.2) is 36.7 Å². The van der Waals surface area contributed by atoms with Crippen molar-refractivity contribution < 1.29 is 4.79 Å². The van der Waals surface area contributed by atoms with E-state index in [1.54, 1.807) is 12.4 Å². The zero-order valence-electron chi connectivity index (χ0n) is 14.6. The van der Waals surface area contributed by atoms with Crippen LogP contribution in [0.3, 0.4) is 0 Å². The van der Waals surface area contributed by atoms with Crippen LogP contribution in [0, 0.1) is 6.92 Å². The molecular formula is C19H23ClN4O. The maximum Gasteiger partial charge on any atom is 0.255 e. The fourth-order valence-corrected chi connectivity index (χ4v) is 3.09. The number of halogens is 1. The number of rotatable bonds is 4. The van der Waals surface area contributed by atoms with Crippen LogP contribution < -0.4 is 5.32 Å². The summed E-state index contributed by atoms with van der Waals surface area (Å²) < 4.78 is 0. The molecule has 1 aliphatic rings. The smallest absolute Gasteiger partial charge is 0.255 e. The first-order chi connectivity index (χ1) is 12.1. The molecule has 1 aromatic carbocycles. The maximum absolute atomic E-state index is 12.7. The van der Waals surface area contributed by atoms with Crippen LogP contribution in [-0.2, 0) is 0 Å². The van der Waals surface area contributed by atoms with Gasteiger partial charge in [0.2, 0.25) is 0 Å². The standard InChI is InChI=1S/C19H23ClN4O/c1-3-23-6-8-24(9-7-23)19(25)15-10-17(13-21-12-15)22-16-5-4-14(2)18(20)11-16/h4-5,10-13,22H,3,6-9H2,1-2H3. The van der Waals surface area contributed by atoms with Gasteiger partial charge in [-0.25, -0.2) is 0 Å². The van der Waals surface area contributed by atoms with Crippen molar-refractivity contribution in [1.29, 1.82) is 0 Å². The Morgan fingerprint density at radius 2 is 1.92 bits per heavy atom. The average molecular weight is 359 g/mol. The number of pyridine rings is 1. The number of hydrogen-bond donors (Lipinski definition) is 1. The first-order valence-corrected chi connectivity index (χ1v) is 8.94. The summed E-state index contributed by atoms with van der Waals surface area (Å²) in [6, 6.07) is 7.63. The molecule has 0 bridgehead atoms. The van der Waals surface area contributed by atoms with Crippen LogP contribution in [0.1, 0.15) is 22.8 Å². The van der Waals surface area contributed by atoms with Gasteiger partial charge in [0, 0.05) is 43.1 Å². The molecule has 1 aliphatic heterocycles. The minimum absolute atomic E-state index is 0.0360. The van der Waals surface area contributed by atoms with Crippen LogP contribution in [0.4, 0.5) is 11.4 Å². The number of carbonyl (C=O) groups is 1. The third kappa shape index (κ3) is 4.30. The van der Waals surface area contributed by atoms with E-state index in [2.05, 4.69) is 22.1 Å². The van der Waals surface area contributed by atoms with Crippen LogP contribution in [-0.4, -0.2) is 53.4 Å². The zero-order chi connectivity index (χ0) is 17.8. The van der Waals surface area contributed by atoms with E-state index in [4.69, 9.17) is 11.6 Å². The van der Waals surface area contributed by atoms with Crippen LogP contribution in [0.5, 0.6) is 0 Å². The molecule has 1 aromatic heterocycles. The summed E-state index contributed by atoms with van der Waals surface area (Å²) in [5.41, 5.74) is 3.28. The molecule has 1 amide bonds. The average Bonchev–Trinajstić information content (AvgIpc) is 2.64. The summed E-state index contributed by atoms with van der Waals surface area (Å²) >= 11 is 6.17. The van der Waals surface area contributed by atoms with Crippen molar-refractivity contribution in [3.8, 4) is 0 Å². The van der Waals surface area contributed by atoms with E-state index >= 15 is 0 Å². The lowest BCUT2D eigenvalue weighted by atomic mass is 10.2. The molecule has 5 nitrogen and oxygen atoms in total. The first kappa shape index (κ1) is 17.7. The number of amides is 1. The summed E-state index contributed by atoms with van der Waals surface area (Å²) in [7, 11) is 0. The highest BCUT2D eigenvalue weighted by Crippen LogP contribution is 2.23. The van der Waals surface area contributed by atoms with E-state index in [0.717, 1.165) is 49.7 Å². The number of likely N-dealkylation sites (N-methyl/N-ethyl adjacent to an activating group) is 1. The van der Waals surface area contributed by atoms with Crippen molar-refractivity contribution >= 4 is 28.9 Å². The molecule has 0 radical (unpaired) electrons. The Hall–Kier alpha value is -2.11. The third-order valence-electron chi connectivity index (χ3n) is 4.55. The Kier molecular flexibility index (Phi) is 5.56. The summed E-state index contributed by atoms with van der Waals surface area (Å²) in [6.45, 7) is 8.52. The highest BCUT2D eigenvalue weighted by atomic mass is 35.5. The van der Waals surface area contributed by atoms with E-state index in [9.17, 15) is 4.79 Å². The fraction of sp³-hybridized carbons (Fsp3) is 0.368. The topological polar surface area (TPSA) is 48.5 Å². The minimum atomic E-state index is 0.0360.